The fourth-order valence-electron chi connectivity index (χ4n) is 2.02. The highest BCUT2D eigenvalue weighted by molar-refractivity contribution is 5.98. The average molecular weight is 203 g/mol. The van der Waals surface area contributed by atoms with Crippen LogP contribution in [-0.2, 0) is 6.54 Å². The first-order valence-electron chi connectivity index (χ1n) is 5.55. The summed E-state index contributed by atoms with van der Waals surface area (Å²) in [5.41, 5.74) is 3.40. The lowest BCUT2D eigenvalue weighted by atomic mass is 9.98. The van der Waals surface area contributed by atoms with E-state index in [4.69, 9.17) is 0 Å². The molecule has 0 bridgehead atoms. The minimum Gasteiger partial charge on any atom is -0.335 e. The Bertz CT molecular complexity index is 396. The van der Waals surface area contributed by atoms with E-state index in [1.165, 1.54) is 11.1 Å². The molecule has 15 heavy (non-hydrogen) atoms. The van der Waals surface area contributed by atoms with Crippen molar-refractivity contribution in [3.8, 4) is 0 Å². The Hall–Kier alpha value is -1.31. The Morgan fingerprint density at radius 3 is 2.73 bits per heavy atom. The van der Waals surface area contributed by atoms with Gasteiger partial charge in [-0.05, 0) is 30.0 Å². The van der Waals surface area contributed by atoms with Gasteiger partial charge in [-0.3, -0.25) is 4.79 Å². The molecule has 0 aliphatic carbocycles. The molecule has 0 aromatic heterocycles. The molecule has 80 valence electrons. The van der Waals surface area contributed by atoms with Crippen LogP contribution in [0.4, 0.5) is 0 Å². The summed E-state index contributed by atoms with van der Waals surface area (Å²) in [5.74, 6) is 0.712. The molecular weight excluding hydrogens is 186 g/mol. The highest BCUT2D eigenvalue weighted by atomic mass is 16.2. The van der Waals surface area contributed by atoms with E-state index in [9.17, 15) is 4.79 Å². The van der Waals surface area contributed by atoms with E-state index in [1.807, 2.05) is 17.9 Å². The zero-order valence-electron chi connectivity index (χ0n) is 9.58. The van der Waals surface area contributed by atoms with Gasteiger partial charge in [-0.25, -0.2) is 0 Å². The van der Waals surface area contributed by atoms with Crippen LogP contribution in [0.5, 0.6) is 0 Å². The Morgan fingerprint density at radius 1 is 1.40 bits per heavy atom. The second-order valence-corrected chi connectivity index (χ2v) is 4.39. The fourth-order valence-corrected chi connectivity index (χ4v) is 2.02. The van der Waals surface area contributed by atoms with Crippen LogP contribution in [0.3, 0.4) is 0 Å². The number of hydrogen-bond acceptors (Lipinski definition) is 1. The monoisotopic (exact) mass is 203 g/mol. The SMILES string of the molecule is CCN1Cc2cc(C(C)C)ccc2C1=O. The van der Waals surface area contributed by atoms with Crippen molar-refractivity contribution in [1.29, 1.82) is 0 Å². The topological polar surface area (TPSA) is 20.3 Å². The van der Waals surface area contributed by atoms with Crippen molar-refractivity contribution in [2.24, 2.45) is 0 Å². The van der Waals surface area contributed by atoms with Gasteiger partial charge in [-0.2, -0.15) is 0 Å². The third-order valence-corrected chi connectivity index (χ3v) is 3.06. The Balaban J connectivity index is 2.38. The highest BCUT2D eigenvalue weighted by Crippen LogP contribution is 2.26. The van der Waals surface area contributed by atoms with Crippen molar-refractivity contribution in [3.63, 3.8) is 0 Å². The van der Waals surface area contributed by atoms with E-state index in [0.717, 1.165) is 18.7 Å². The summed E-state index contributed by atoms with van der Waals surface area (Å²) < 4.78 is 0. The largest absolute Gasteiger partial charge is 0.335 e. The molecular formula is C13H17NO. The molecule has 0 saturated carbocycles. The fraction of sp³-hybridized carbons (Fsp3) is 0.462. The number of fused-ring (bicyclic) bond motifs is 1. The third-order valence-electron chi connectivity index (χ3n) is 3.06. The first kappa shape index (κ1) is 10.2. The van der Waals surface area contributed by atoms with Crippen molar-refractivity contribution < 1.29 is 4.79 Å². The second-order valence-electron chi connectivity index (χ2n) is 4.39. The van der Waals surface area contributed by atoms with Gasteiger partial charge >= 0.3 is 0 Å². The number of benzene rings is 1. The van der Waals surface area contributed by atoms with E-state index in [-0.39, 0.29) is 5.91 Å². The van der Waals surface area contributed by atoms with Crippen LogP contribution in [0, 0.1) is 0 Å². The maximum Gasteiger partial charge on any atom is 0.254 e. The zero-order valence-corrected chi connectivity index (χ0v) is 9.58. The maximum absolute atomic E-state index is 11.8. The molecule has 2 nitrogen and oxygen atoms in total. The molecule has 0 N–H and O–H groups in total. The van der Waals surface area contributed by atoms with Gasteiger partial charge in [0.25, 0.3) is 5.91 Å². The molecule has 1 aliphatic heterocycles. The molecule has 1 amide bonds. The summed E-state index contributed by atoms with van der Waals surface area (Å²) in [5, 5.41) is 0. The molecule has 0 radical (unpaired) electrons. The Labute approximate surface area is 90.9 Å². The van der Waals surface area contributed by atoms with E-state index in [2.05, 4.69) is 26.0 Å². The van der Waals surface area contributed by atoms with Crippen molar-refractivity contribution in [2.45, 2.75) is 33.2 Å². The number of carbonyl (C=O) groups is 1. The predicted octanol–water partition coefficient (Wildman–Crippen LogP) is 2.79. The molecule has 1 aromatic rings. The molecule has 0 fully saturated rings. The van der Waals surface area contributed by atoms with Crippen LogP contribution in [0.25, 0.3) is 0 Å². The summed E-state index contributed by atoms with van der Waals surface area (Å²) in [6.45, 7) is 7.95. The van der Waals surface area contributed by atoms with E-state index in [1.54, 1.807) is 0 Å². The normalized spacial score (nSPS) is 14.9. The van der Waals surface area contributed by atoms with Crippen LogP contribution in [0.2, 0.25) is 0 Å². The van der Waals surface area contributed by atoms with Crippen molar-refractivity contribution in [3.05, 3.63) is 34.9 Å². The molecule has 2 rings (SSSR count). The van der Waals surface area contributed by atoms with Crippen LogP contribution >= 0.6 is 0 Å². The lowest BCUT2D eigenvalue weighted by Gasteiger charge is -2.10. The smallest absolute Gasteiger partial charge is 0.254 e. The van der Waals surface area contributed by atoms with Gasteiger partial charge in [0.05, 0.1) is 0 Å². The summed E-state index contributed by atoms with van der Waals surface area (Å²) >= 11 is 0. The summed E-state index contributed by atoms with van der Waals surface area (Å²) in [6, 6.07) is 6.22. The maximum atomic E-state index is 11.8. The van der Waals surface area contributed by atoms with Crippen molar-refractivity contribution in [1.82, 2.24) is 4.90 Å². The average Bonchev–Trinajstić information content (AvgIpc) is 2.55. The molecule has 2 heteroatoms. The standard InChI is InChI=1S/C13H17NO/c1-4-14-8-11-7-10(9(2)3)5-6-12(11)13(14)15/h5-7,9H,4,8H2,1-3H3. The van der Waals surface area contributed by atoms with Gasteiger partial charge < -0.3 is 4.90 Å². The van der Waals surface area contributed by atoms with E-state index < -0.39 is 0 Å². The predicted molar refractivity (Wildman–Crippen MR) is 60.9 cm³/mol. The minimum atomic E-state index is 0.183. The lowest BCUT2D eigenvalue weighted by molar-refractivity contribution is 0.0787. The van der Waals surface area contributed by atoms with Gasteiger partial charge in [0.1, 0.15) is 0 Å². The number of nitrogens with zero attached hydrogens (tertiary/aromatic N) is 1. The number of amides is 1. The first-order valence-corrected chi connectivity index (χ1v) is 5.55. The molecule has 1 aliphatic rings. The van der Waals surface area contributed by atoms with E-state index in [0.29, 0.717) is 5.92 Å². The lowest BCUT2D eigenvalue weighted by Crippen LogP contribution is -2.22. The quantitative estimate of drug-likeness (QED) is 0.723. The van der Waals surface area contributed by atoms with Gasteiger partial charge in [-0.15, -0.1) is 0 Å². The van der Waals surface area contributed by atoms with E-state index >= 15 is 0 Å². The van der Waals surface area contributed by atoms with Gasteiger partial charge in [0.2, 0.25) is 0 Å². The van der Waals surface area contributed by atoms with Crippen LogP contribution < -0.4 is 0 Å². The summed E-state index contributed by atoms with van der Waals surface area (Å²) in [6.07, 6.45) is 0. The number of rotatable bonds is 2. The van der Waals surface area contributed by atoms with Crippen LogP contribution in [0.15, 0.2) is 18.2 Å². The third kappa shape index (κ3) is 1.65. The molecule has 0 atom stereocenters. The number of carbonyl (C=O) groups excluding carboxylic acids is 1. The summed E-state index contributed by atoms with van der Waals surface area (Å²) in [4.78, 5) is 13.7. The van der Waals surface area contributed by atoms with Gasteiger partial charge in [0.15, 0.2) is 0 Å². The molecule has 1 heterocycles. The number of hydrogen-bond donors (Lipinski definition) is 0. The second kappa shape index (κ2) is 3.69. The molecule has 0 spiro atoms. The molecule has 0 unspecified atom stereocenters. The van der Waals surface area contributed by atoms with Crippen LogP contribution in [-0.4, -0.2) is 17.4 Å². The first-order chi connectivity index (χ1) is 7.13. The van der Waals surface area contributed by atoms with Gasteiger partial charge in [-0.1, -0.05) is 26.0 Å². The molecule has 1 aromatic carbocycles. The minimum absolute atomic E-state index is 0.183. The Morgan fingerprint density at radius 2 is 2.13 bits per heavy atom. The zero-order chi connectivity index (χ0) is 11.0. The highest BCUT2D eigenvalue weighted by Gasteiger charge is 2.25. The summed E-state index contributed by atoms with van der Waals surface area (Å²) in [7, 11) is 0. The molecule has 0 saturated heterocycles. The van der Waals surface area contributed by atoms with Crippen molar-refractivity contribution >= 4 is 5.91 Å². The van der Waals surface area contributed by atoms with Crippen molar-refractivity contribution in [2.75, 3.05) is 6.54 Å². The van der Waals surface area contributed by atoms with Crippen LogP contribution in [0.1, 0.15) is 48.2 Å². The van der Waals surface area contributed by atoms with Gasteiger partial charge in [0, 0.05) is 18.7 Å². The Kier molecular flexibility index (Phi) is 2.51.